The molecule has 0 spiro atoms. The van der Waals surface area contributed by atoms with Crippen molar-refractivity contribution in [2.24, 2.45) is 10.1 Å². The van der Waals surface area contributed by atoms with Crippen molar-refractivity contribution >= 4 is 28.8 Å². The Kier molecular flexibility index (Phi) is 4.37. The van der Waals surface area contributed by atoms with Gasteiger partial charge in [-0.2, -0.15) is 5.10 Å². The lowest BCUT2D eigenvalue weighted by molar-refractivity contribution is 0.415. The third kappa shape index (κ3) is 3.17. The molecule has 4 rings (SSSR count). The number of nitrogens with zero attached hydrogens (tertiary/aromatic N) is 3. The number of fused-ring (bicyclic) bond motifs is 1. The van der Waals surface area contributed by atoms with Gasteiger partial charge in [0.2, 0.25) is 0 Å². The van der Waals surface area contributed by atoms with E-state index in [1.807, 2.05) is 54.6 Å². The molecule has 0 bridgehead atoms. The predicted molar refractivity (Wildman–Crippen MR) is 104 cm³/mol. The smallest absolute Gasteiger partial charge is 0.154 e. The topological polar surface area (TPSA) is 58.9 Å². The molecule has 1 aliphatic heterocycles. The lowest BCUT2D eigenvalue weighted by Gasteiger charge is -2.07. The third-order valence-corrected chi connectivity index (χ3v) is 4.27. The highest BCUT2D eigenvalue weighted by Crippen LogP contribution is 2.28. The summed E-state index contributed by atoms with van der Waals surface area (Å²) >= 11 is 6.22. The Hall–Kier alpha value is -3.18. The summed E-state index contributed by atoms with van der Waals surface area (Å²) < 4.78 is 5.22. The van der Waals surface area contributed by atoms with E-state index in [4.69, 9.17) is 21.3 Å². The number of ether oxygens (including phenoxy) is 1. The van der Waals surface area contributed by atoms with E-state index < -0.39 is 0 Å². The van der Waals surface area contributed by atoms with Crippen molar-refractivity contribution < 1.29 is 4.74 Å². The zero-order chi connectivity index (χ0) is 17.9. The van der Waals surface area contributed by atoms with Gasteiger partial charge in [-0.05, 0) is 54.6 Å². The lowest BCUT2D eigenvalue weighted by Crippen LogP contribution is -2.19. The first-order valence-electron chi connectivity index (χ1n) is 8.02. The fourth-order valence-electron chi connectivity index (χ4n) is 2.72. The fraction of sp³-hybridized carbons (Fsp3) is 0.0500. The number of hydrogen-bond donors (Lipinski definition) is 1. The van der Waals surface area contributed by atoms with Crippen molar-refractivity contribution in [1.82, 2.24) is 10.4 Å². The number of nitrogens with one attached hydrogen (secondary N) is 1. The van der Waals surface area contributed by atoms with Crippen molar-refractivity contribution in [2.45, 2.75) is 0 Å². The van der Waals surface area contributed by atoms with Crippen LogP contribution in [0.4, 0.5) is 5.69 Å². The first kappa shape index (κ1) is 16.3. The summed E-state index contributed by atoms with van der Waals surface area (Å²) in [6.07, 6.45) is 3.47. The monoisotopic (exact) mass is 362 g/mol. The number of benzene rings is 2. The fourth-order valence-corrected chi connectivity index (χ4v) is 2.89. The Morgan fingerprint density at radius 2 is 1.69 bits per heavy atom. The van der Waals surface area contributed by atoms with Crippen LogP contribution in [0.15, 0.2) is 77.1 Å². The maximum absolute atomic E-state index is 6.22. The Morgan fingerprint density at radius 1 is 0.923 bits per heavy atom. The minimum absolute atomic E-state index is 0.633. The summed E-state index contributed by atoms with van der Waals surface area (Å²) in [6.45, 7) is 0. The van der Waals surface area contributed by atoms with Gasteiger partial charge in [-0.25, -0.2) is 4.99 Å². The van der Waals surface area contributed by atoms with Crippen LogP contribution in [-0.2, 0) is 0 Å². The summed E-state index contributed by atoms with van der Waals surface area (Å²) in [6, 6.07) is 17.1. The molecular weight excluding hydrogens is 348 g/mol. The molecule has 0 aliphatic carbocycles. The largest absolute Gasteiger partial charge is 0.497 e. The Balaban J connectivity index is 1.83. The molecular formula is C20H15ClN4O. The SMILES string of the molecule is COc1ccc(C2=Nc3ccc(Cl)cc3C(c3ccncc3)=NN2)cc1. The van der Waals surface area contributed by atoms with E-state index >= 15 is 0 Å². The molecule has 6 heteroatoms. The maximum atomic E-state index is 6.22. The number of aromatic nitrogens is 1. The molecule has 128 valence electrons. The highest BCUT2D eigenvalue weighted by atomic mass is 35.5. The molecule has 0 fully saturated rings. The van der Waals surface area contributed by atoms with Gasteiger partial charge in [-0.15, -0.1) is 0 Å². The van der Waals surface area contributed by atoms with Gasteiger partial charge in [0.15, 0.2) is 5.84 Å². The highest BCUT2D eigenvalue weighted by molar-refractivity contribution is 6.31. The van der Waals surface area contributed by atoms with Crippen LogP contribution in [0.2, 0.25) is 5.02 Å². The van der Waals surface area contributed by atoms with E-state index in [1.165, 1.54) is 0 Å². The molecule has 2 heterocycles. The highest BCUT2D eigenvalue weighted by Gasteiger charge is 2.17. The molecule has 2 aromatic carbocycles. The number of halogens is 1. The van der Waals surface area contributed by atoms with E-state index in [2.05, 4.69) is 15.5 Å². The van der Waals surface area contributed by atoms with Crippen LogP contribution >= 0.6 is 11.6 Å². The van der Waals surface area contributed by atoms with Gasteiger partial charge in [0.05, 0.1) is 12.8 Å². The van der Waals surface area contributed by atoms with Gasteiger partial charge in [0.1, 0.15) is 11.5 Å². The minimum Gasteiger partial charge on any atom is -0.497 e. The minimum atomic E-state index is 0.633. The van der Waals surface area contributed by atoms with Gasteiger partial charge < -0.3 is 4.74 Å². The second-order valence-electron chi connectivity index (χ2n) is 5.66. The lowest BCUT2D eigenvalue weighted by atomic mass is 10.0. The average Bonchev–Trinajstić information content (AvgIpc) is 2.88. The molecule has 1 aromatic heterocycles. The van der Waals surface area contributed by atoms with Gasteiger partial charge in [-0.1, -0.05) is 11.6 Å². The van der Waals surface area contributed by atoms with Crippen molar-refractivity contribution in [3.63, 3.8) is 0 Å². The molecule has 0 radical (unpaired) electrons. The molecule has 0 unspecified atom stereocenters. The first-order valence-corrected chi connectivity index (χ1v) is 8.39. The van der Waals surface area contributed by atoms with Crippen molar-refractivity contribution in [2.75, 3.05) is 7.11 Å². The number of hydrogen-bond acceptors (Lipinski definition) is 5. The van der Waals surface area contributed by atoms with Crippen molar-refractivity contribution in [3.8, 4) is 5.75 Å². The van der Waals surface area contributed by atoms with Gasteiger partial charge in [-0.3, -0.25) is 10.4 Å². The second kappa shape index (κ2) is 6.98. The standard InChI is InChI=1S/C20H15ClN4O/c1-26-16-5-2-14(3-6-16)20-23-18-7-4-15(21)12-17(18)19(24-25-20)13-8-10-22-11-9-13/h2-12H,1H3,(H,23,25). The van der Waals surface area contributed by atoms with Gasteiger partial charge >= 0.3 is 0 Å². The second-order valence-corrected chi connectivity index (χ2v) is 6.09. The van der Waals surface area contributed by atoms with Crippen LogP contribution in [0.3, 0.4) is 0 Å². The summed E-state index contributed by atoms with van der Waals surface area (Å²) in [7, 11) is 1.64. The normalized spacial score (nSPS) is 13.0. The molecule has 26 heavy (non-hydrogen) atoms. The summed E-state index contributed by atoms with van der Waals surface area (Å²) in [5, 5.41) is 5.23. The molecule has 3 aromatic rings. The van der Waals surface area contributed by atoms with Gasteiger partial charge in [0.25, 0.3) is 0 Å². The van der Waals surface area contributed by atoms with Crippen molar-refractivity contribution in [1.29, 1.82) is 0 Å². The molecule has 0 saturated heterocycles. The number of amidine groups is 1. The summed E-state index contributed by atoms with van der Waals surface area (Å²) in [5.41, 5.74) is 7.34. The van der Waals surface area contributed by atoms with Crippen molar-refractivity contribution in [3.05, 3.63) is 88.7 Å². The number of hydrazone groups is 1. The van der Waals surface area contributed by atoms with E-state index in [9.17, 15) is 0 Å². The van der Waals surface area contributed by atoms with E-state index in [0.717, 1.165) is 33.8 Å². The van der Waals surface area contributed by atoms with Crippen LogP contribution in [0, 0.1) is 0 Å². The van der Waals surface area contributed by atoms with Crippen LogP contribution in [-0.4, -0.2) is 23.6 Å². The van der Waals surface area contributed by atoms with Crippen LogP contribution in [0.1, 0.15) is 16.7 Å². The molecule has 0 saturated carbocycles. The maximum Gasteiger partial charge on any atom is 0.154 e. The van der Waals surface area contributed by atoms with Crippen LogP contribution in [0.25, 0.3) is 0 Å². The number of aliphatic imine (C=N–C) groups is 1. The Morgan fingerprint density at radius 3 is 2.42 bits per heavy atom. The molecule has 0 atom stereocenters. The zero-order valence-corrected chi connectivity index (χ0v) is 14.7. The van der Waals surface area contributed by atoms with E-state index in [-0.39, 0.29) is 0 Å². The molecule has 0 amide bonds. The molecule has 1 N–H and O–H groups in total. The molecule has 1 aliphatic rings. The van der Waals surface area contributed by atoms with Gasteiger partial charge in [0, 0.05) is 34.1 Å². The summed E-state index contributed by atoms with van der Waals surface area (Å²) in [4.78, 5) is 8.83. The zero-order valence-electron chi connectivity index (χ0n) is 14.0. The molecule has 5 nitrogen and oxygen atoms in total. The van der Waals surface area contributed by atoms with Crippen LogP contribution < -0.4 is 10.2 Å². The van der Waals surface area contributed by atoms with E-state index in [1.54, 1.807) is 19.5 Å². The average molecular weight is 363 g/mol. The Labute approximate surface area is 156 Å². The Bertz CT molecular complexity index is 998. The van der Waals surface area contributed by atoms with Crippen LogP contribution in [0.5, 0.6) is 5.75 Å². The number of rotatable bonds is 3. The van der Waals surface area contributed by atoms with E-state index in [0.29, 0.717) is 10.9 Å². The third-order valence-electron chi connectivity index (χ3n) is 4.04. The number of pyridine rings is 1. The predicted octanol–water partition coefficient (Wildman–Crippen LogP) is 4.18. The quantitative estimate of drug-likeness (QED) is 0.760. The first-order chi connectivity index (χ1) is 12.7. The number of methoxy groups -OCH3 is 1. The summed E-state index contributed by atoms with van der Waals surface area (Å²) in [5.74, 6) is 1.44.